The number of β-amino-alcohol motifs (C(OH)–C–C–N with tert-alkyl or cyclic N) is 1. The van der Waals surface area contributed by atoms with Crippen molar-refractivity contribution in [3.05, 3.63) is 0 Å². The van der Waals surface area contributed by atoms with Crippen LogP contribution in [0.3, 0.4) is 0 Å². The summed E-state index contributed by atoms with van der Waals surface area (Å²) in [6.45, 7) is 1.90. The first kappa shape index (κ1) is 19.5. The molecule has 0 aromatic heterocycles. The Morgan fingerprint density at radius 1 is 1.08 bits per heavy atom. The van der Waals surface area contributed by atoms with Gasteiger partial charge in [0.25, 0.3) is 0 Å². The van der Waals surface area contributed by atoms with E-state index in [9.17, 15) is 14.7 Å². The third-order valence-electron chi connectivity index (χ3n) is 5.89. The van der Waals surface area contributed by atoms with Gasteiger partial charge in [0.15, 0.2) is 0 Å². The van der Waals surface area contributed by atoms with E-state index in [1.165, 1.54) is 6.42 Å². The van der Waals surface area contributed by atoms with E-state index in [4.69, 9.17) is 0 Å². The molecule has 0 aromatic rings. The van der Waals surface area contributed by atoms with Crippen LogP contribution in [-0.4, -0.2) is 71.1 Å². The van der Waals surface area contributed by atoms with Crippen LogP contribution in [0.15, 0.2) is 0 Å². The number of hydrogen-bond donors (Lipinski definition) is 2. The second-order valence-corrected chi connectivity index (χ2v) is 7.25. The molecule has 2 N–H and O–H groups in total. The Bertz CT molecular complexity index is 468. The second-order valence-electron chi connectivity index (χ2n) is 7.25. The van der Waals surface area contributed by atoms with E-state index in [1.807, 2.05) is 0 Å². The molecule has 2 aliphatic heterocycles. The van der Waals surface area contributed by atoms with Crippen LogP contribution in [0.1, 0.15) is 51.4 Å². The number of hydrogen-bond acceptors (Lipinski definition) is 4. The minimum atomic E-state index is -0.512. The molecule has 3 rings (SSSR count). The molecule has 0 spiro atoms. The van der Waals surface area contributed by atoms with Crippen molar-refractivity contribution in [1.82, 2.24) is 15.1 Å². The largest absolute Gasteiger partial charge is 0.391 e. The lowest BCUT2D eigenvalue weighted by Crippen LogP contribution is -2.63. The summed E-state index contributed by atoms with van der Waals surface area (Å²) in [5.41, 5.74) is -0.512. The molecule has 1 saturated carbocycles. The molecule has 1 aliphatic carbocycles. The third kappa shape index (κ3) is 3.41. The zero-order valence-electron chi connectivity index (χ0n) is 14.5. The van der Waals surface area contributed by atoms with Gasteiger partial charge in [-0.1, -0.05) is 19.3 Å². The highest BCUT2D eigenvalue weighted by molar-refractivity contribution is 5.89. The minimum Gasteiger partial charge on any atom is -0.391 e. The summed E-state index contributed by atoms with van der Waals surface area (Å²) in [5.74, 6) is 0.172. The number of halogens is 1. The van der Waals surface area contributed by atoms with E-state index in [0.29, 0.717) is 19.5 Å². The van der Waals surface area contributed by atoms with Crippen LogP contribution in [0, 0.1) is 0 Å². The molecule has 138 valence electrons. The molecular formula is C17H30ClN3O3. The lowest BCUT2D eigenvalue weighted by molar-refractivity contribution is -0.144. The summed E-state index contributed by atoms with van der Waals surface area (Å²) in [7, 11) is 1.70. The molecule has 2 amide bonds. The van der Waals surface area contributed by atoms with Crippen molar-refractivity contribution in [3.8, 4) is 0 Å². The molecular weight excluding hydrogens is 330 g/mol. The molecule has 24 heavy (non-hydrogen) atoms. The lowest BCUT2D eigenvalue weighted by Gasteiger charge is -2.45. The molecule has 0 unspecified atom stereocenters. The fourth-order valence-corrected chi connectivity index (χ4v) is 4.70. The molecule has 0 radical (unpaired) electrons. The highest BCUT2D eigenvalue weighted by Gasteiger charge is 2.51. The van der Waals surface area contributed by atoms with Gasteiger partial charge in [-0.3, -0.25) is 14.5 Å². The van der Waals surface area contributed by atoms with Gasteiger partial charge in [0, 0.05) is 26.7 Å². The Morgan fingerprint density at radius 3 is 2.38 bits per heavy atom. The molecule has 0 bridgehead atoms. The predicted octanol–water partition coefficient (Wildman–Crippen LogP) is 0.915. The number of aliphatic hydroxyl groups excluding tert-OH is 1. The van der Waals surface area contributed by atoms with Crippen molar-refractivity contribution < 1.29 is 14.7 Å². The van der Waals surface area contributed by atoms with Crippen LogP contribution in [0.4, 0.5) is 0 Å². The van der Waals surface area contributed by atoms with Gasteiger partial charge >= 0.3 is 0 Å². The predicted molar refractivity (Wildman–Crippen MR) is 94.1 cm³/mol. The first-order valence-corrected chi connectivity index (χ1v) is 9.04. The number of carbonyl (C=O) groups is 2. The molecule has 6 nitrogen and oxygen atoms in total. The van der Waals surface area contributed by atoms with Gasteiger partial charge in [-0.05, 0) is 32.1 Å². The normalized spacial score (nSPS) is 30.0. The Kier molecular flexibility index (Phi) is 6.51. The molecule has 2 saturated heterocycles. The van der Waals surface area contributed by atoms with Gasteiger partial charge in [0.05, 0.1) is 12.1 Å². The topological polar surface area (TPSA) is 72.9 Å². The molecule has 2 heterocycles. The van der Waals surface area contributed by atoms with Crippen molar-refractivity contribution in [2.24, 2.45) is 0 Å². The summed E-state index contributed by atoms with van der Waals surface area (Å²) in [4.78, 5) is 29.6. The fraction of sp³-hybridized carbons (Fsp3) is 0.882. The van der Waals surface area contributed by atoms with E-state index in [-0.39, 0.29) is 30.3 Å². The maximum Gasteiger partial charge on any atom is 0.240 e. The first-order valence-electron chi connectivity index (χ1n) is 9.04. The fourth-order valence-electron chi connectivity index (χ4n) is 4.70. The van der Waals surface area contributed by atoms with Gasteiger partial charge in [0.2, 0.25) is 11.8 Å². The van der Waals surface area contributed by atoms with Crippen molar-refractivity contribution in [2.45, 2.75) is 69.1 Å². The lowest BCUT2D eigenvalue weighted by atomic mass is 9.79. The summed E-state index contributed by atoms with van der Waals surface area (Å²) in [6.07, 6.45) is 7.02. The van der Waals surface area contributed by atoms with Crippen molar-refractivity contribution in [3.63, 3.8) is 0 Å². The van der Waals surface area contributed by atoms with Gasteiger partial charge in [0.1, 0.15) is 5.54 Å². The summed E-state index contributed by atoms with van der Waals surface area (Å²) < 4.78 is 0. The van der Waals surface area contributed by atoms with Gasteiger partial charge in [-0.15, -0.1) is 12.4 Å². The van der Waals surface area contributed by atoms with Crippen LogP contribution in [-0.2, 0) is 9.59 Å². The number of rotatable bonds is 3. The quantitative estimate of drug-likeness (QED) is 0.785. The van der Waals surface area contributed by atoms with E-state index in [2.05, 4.69) is 10.2 Å². The van der Waals surface area contributed by atoms with Crippen LogP contribution < -0.4 is 5.32 Å². The summed E-state index contributed by atoms with van der Waals surface area (Å²) >= 11 is 0. The average molecular weight is 360 g/mol. The molecule has 7 heteroatoms. The van der Waals surface area contributed by atoms with Crippen LogP contribution >= 0.6 is 12.4 Å². The van der Waals surface area contributed by atoms with Gasteiger partial charge < -0.3 is 15.3 Å². The monoisotopic (exact) mass is 359 g/mol. The van der Waals surface area contributed by atoms with E-state index in [0.717, 1.165) is 45.1 Å². The number of likely N-dealkylation sites (tertiary alicyclic amines) is 2. The van der Waals surface area contributed by atoms with E-state index >= 15 is 0 Å². The van der Waals surface area contributed by atoms with Crippen LogP contribution in [0.5, 0.6) is 0 Å². The number of carbonyl (C=O) groups excluding carboxylic acids is 2. The Labute approximate surface area is 150 Å². The molecule has 0 aromatic carbocycles. The highest BCUT2D eigenvalue weighted by Crippen LogP contribution is 2.39. The Hall–Kier alpha value is -0.850. The first-order chi connectivity index (χ1) is 11.1. The molecule has 3 fully saturated rings. The van der Waals surface area contributed by atoms with E-state index < -0.39 is 11.6 Å². The smallest absolute Gasteiger partial charge is 0.240 e. The zero-order chi connectivity index (χ0) is 16.4. The molecule has 2 atom stereocenters. The number of aliphatic hydroxyl groups is 1. The van der Waals surface area contributed by atoms with Gasteiger partial charge in [-0.25, -0.2) is 0 Å². The number of likely N-dealkylation sites (N-methyl/N-ethyl adjacent to an activating group) is 1. The maximum atomic E-state index is 12.9. The zero-order valence-corrected chi connectivity index (χ0v) is 15.3. The number of nitrogens with one attached hydrogen (secondary N) is 1. The van der Waals surface area contributed by atoms with Crippen LogP contribution in [0.2, 0.25) is 0 Å². The number of amides is 2. The average Bonchev–Trinajstić information content (AvgIpc) is 3.23. The minimum absolute atomic E-state index is 0. The van der Waals surface area contributed by atoms with Crippen molar-refractivity contribution in [1.29, 1.82) is 0 Å². The maximum absolute atomic E-state index is 12.9. The van der Waals surface area contributed by atoms with Gasteiger partial charge in [-0.2, -0.15) is 0 Å². The Morgan fingerprint density at radius 2 is 1.79 bits per heavy atom. The Balaban J connectivity index is 0.00000208. The van der Waals surface area contributed by atoms with Crippen LogP contribution in [0.25, 0.3) is 0 Å². The second kappa shape index (κ2) is 8.02. The van der Waals surface area contributed by atoms with E-state index in [1.54, 1.807) is 11.9 Å². The third-order valence-corrected chi connectivity index (χ3v) is 5.89. The SMILES string of the molecule is CNC(=O)C1(N2CCC[C@H]2C(=O)N2CC[C@@H](O)C2)CCCCC1.Cl. The number of nitrogens with zero attached hydrogens (tertiary/aromatic N) is 2. The highest BCUT2D eigenvalue weighted by atomic mass is 35.5. The summed E-state index contributed by atoms with van der Waals surface area (Å²) in [5, 5.41) is 12.6. The summed E-state index contributed by atoms with van der Waals surface area (Å²) in [6, 6.07) is -0.198. The van der Waals surface area contributed by atoms with Crippen molar-refractivity contribution in [2.75, 3.05) is 26.7 Å². The standard InChI is InChI=1S/C17H29N3O3.ClH/c1-18-16(23)17(8-3-2-4-9-17)20-10-5-6-14(20)15(22)19-11-7-13(21)12-19;/h13-14,21H,2-12H2,1H3,(H,18,23);1H/t13-,14+;/m1./s1. The van der Waals surface area contributed by atoms with Crippen molar-refractivity contribution >= 4 is 24.2 Å². The molecule has 3 aliphatic rings.